The molecule has 2 heterocycles. The van der Waals surface area contributed by atoms with E-state index in [2.05, 4.69) is 20.6 Å². The molecule has 0 aliphatic carbocycles. The Morgan fingerprint density at radius 1 is 1.52 bits per heavy atom. The lowest BCUT2D eigenvalue weighted by atomic mass is 10.2. The molecule has 1 aliphatic heterocycles. The number of hydrogen-bond donors (Lipinski definition) is 2. The second-order valence-electron chi connectivity index (χ2n) is 4.68. The van der Waals surface area contributed by atoms with E-state index in [1.807, 2.05) is 11.8 Å². The van der Waals surface area contributed by atoms with E-state index < -0.39 is 0 Å². The minimum atomic E-state index is 0.521. The number of thioether (sulfide) groups is 1. The van der Waals surface area contributed by atoms with Crippen LogP contribution in [-0.4, -0.2) is 48.7 Å². The first-order valence-electron chi connectivity index (χ1n) is 7.08. The van der Waals surface area contributed by atoms with Gasteiger partial charge in [0.15, 0.2) is 5.96 Å². The van der Waals surface area contributed by atoms with Gasteiger partial charge < -0.3 is 15.4 Å². The smallest absolute Gasteiger partial charge is 0.213 e. The third kappa shape index (κ3) is 6.01. The van der Waals surface area contributed by atoms with E-state index >= 15 is 0 Å². The van der Waals surface area contributed by atoms with Gasteiger partial charge in [-0.3, -0.25) is 4.99 Å². The Labute approximate surface area is 134 Å². The maximum absolute atomic E-state index is 5.77. The molecule has 1 aliphatic rings. The molecule has 1 atom stereocenters. The van der Waals surface area contributed by atoms with Crippen LogP contribution in [0.3, 0.4) is 0 Å². The molecule has 7 heteroatoms. The molecule has 1 unspecified atom stereocenters. The number of halogens is 1. The average Bonchev–Trinajstić information content (AvgIpc) is 3.02. The molecule has 0 amide bonds. The highest BCUT2D eigenvalue weighted by atomic mass is 35.5. The van der Waals surface area contributed by atoms with Crippen LogP contribution in [0.15, 0.2) is 23.3 Å². The molecule has 1 saturated heterocycles. The first-order chi connectivity index (χ1) is 10.3. The number of aromatic nitrogens is 1. The predicted molar refractivity (Wildman–Crippen MR) is 89.6 cm³/mol. The molecular formula is C14H21ClN4OS. The van der Waals surface area contributed by atoms with Crippen molar-refractivity contribution in [3.8, 4) is 5.88 Å². The molecule has 0 radical (unpaired) electrons. The van der Waals surface area contributed by atoms with Gasteiger partial charge in [0.05, 0.1) is 11.6 Å². The molecular weight excluding hydrogens is 308 g/mol. The fraction of sp³-hybridized carbons (Fsp3) is 0.571. The van der Waals surface area contributed by atoms with Crippen LogP contribution in [0.25, 0.3) is 0 Å². The molecule has 2 rings (SSSR count). The van der Waals surface area contributed by atoms with E-state index in [1.54, 1.807) is 25.4 Å². The number of ether oxygens (including phenoxy) is 1. The van der Waals surface area contributed by atoms with Crippen molar-refractivity contribution in [2.75, 3.05) is 32.5 Å². The summed E-state index contributed by atoms with van der Waals surface area (Å²) in [5.74, 6) is 2.67. The Balaban J connectivity index is 1.60. The van der Waals surface area contributed by atoms with Gasteiger partial charge in [0, 0.05) is 31.1 Å². The second-order valence-corrected chi connectivity index (χ2v) is 6.52. The lowest BCUT2D eigenvalue weighted by Gasteiger charge is -2.14. The highest BCUT2D eigenvalue weighted by molar-refractivity contribution is 8.00. The van der Waals surface area contributed by atoms with Crippen LogP contribution in [0, 0.1) is 0 Å². The lowest BCUT2D eigenvalue weighted by Crippen LogP contribution is -2.41. The Hall–Kier alpha value is -1.14. The quantitative estimate of drug-likeness (QED) is 0.476. The number of nitrogens with one attached hydrogen (secondary N) is 2. The first kappa shape index (κ1) is 16.2. The molecule has 0 aromatic carbocycles. The van der Waals surface area contributed by atoms with Crippen molar-refractivity contribution in [3.63, 3.8) is 0 Å². The van der Waals surface area contributed by atoms with Crippen LogP contribution in [-0.2, 0) is 0 Å². The van der Waals surface area contributed by atoms with Crippen molar-refractivity contribution in [1.82, 2.24) is 15.6 Å². The van der Waals surface area contributed by atoms with Gasteiger partial charge in [-0.05, 0) is 24.7 Å². The predicted octanol–water partition coefficient (Wildman–Crippen LogP) is 2.17. The number of nitrogens with zero attached hydrogens (tertiary/aromatic N) is 2. The molecule has 1 aromatic heterocycles. The Bertz CT molecular complexity index is 449. The van der Waals surface area contributed by atoms with E-state index in [4.69, 9.17) is 16.3 Å². The van der Waals surface area contributed by atoms with Gasteiger partial charge in [-0.15, -0.1) is 0 Å². The number of hydrogen-bond acceptors (Lipinski definition) is 4. The molecule has 21 heavy (non-hydrogen) atoms. The summed E-state index contributed by atoms with van der Waals surface area (Å²) in [6.45, 7) is 2.15. The van der Waals surface area contributed by atoms with E-state index in [0.717, 1.165) is 12.5 Å². The second kappa shape index (κ2) is 9.00. The summed E-state index contributed by atoms with van der Waals surface area (Å²) in [4.78, 5) is 8.27. The maximum Gasteiger partial charge on any atom is 0.213 e. The van der Waals surface area contributed by atoms with E-state index in [0.29, 0.717) is 29.3 Å². The maximum atomic E-state index is 5.77. The van der Waals surface area contributed by atoms with Gasteiger partial charge in [-0.25, -0.2) is 4.98 Å². The van der Waals surface area contributed by atoms with Crippen LogP contribution in [0.4, 0.5) is 0 Å². The van der Waals surface area contributed by atoms with Gasteiger partial charge in [-0.1, -0.05) is 11.6 Å². The van der Waals surface area contributed by atoms with Gasteiger partial charge in [0.25, 0.3) is 0 Å². The van der Waals surface area contributed by atoms with Crippen LogP contribution in [0.5, 0.6) is 5.88 Å². The largest absolute Gasteiger partial charge is 0.476 e. The van der Waals surface area contributed by atoms with Gasteiger partial charge in [0.2, 0.25) is 5.88 Å². The lowest BCUT2D eigenvalue weighted by molar-refractivity contribution is 0.309. The Kier molecular flexibility index (Phi) is 6.95. The normalized spacial score (nSPS) is 18.6. The van der Waals surface area contributed by atoms with Gasteiger partial charge in [0.1, 0.15) is 6.61 Å². The fourth-order valence-electron chi connectivity index (χ4n) is 2.01. The summed E-state index contributed by atoms with van der Waals surface area (Å²) in [6.07, 6.45) is 4.19. The molecule has 0 spiro atoms. The molecule has 0 saturated carbocycles. The van der Waals surface area contributed by atoms with Crippen molar-refractivity contribution >= 4 is 29.3 Å². The molecule has 2 N–H and O–H groups in total. The Morgan fingerprint density at radius 3 is 3.10 bits per heavy atom. The van der Waals surface area contributed by atoms with E-state index in [9.17, 15) is 0 Å². The minimum Gasteiger partial charge on any atom is -0.476 e. The standard InChI is InChI=1S/C14H21ClN4OS/c1-16-14(19-10-12-3-2-8-21-12)17-6-7-20-13-5-4-11(15)9-18-13/h4-5,9,12H,2-3,6-8,10H2,1H3,(H2,16,17,19). The molecule has 0 bridgehead atoms. The number of rotatable bonds is 6. The van der Waals surface area contributed by atoms with Crippen LogP contribution in [0.1, 0.15) is 12.8 Å². The number of guanidine groups is 1. The average molecular weight is 329 g/mol. The molecule has 1 fully saturated rings. The Morgan fingerprint density at radius 2 is 2.43 bits per heavy atom. The third-order valence-electron chi connectivity index (χ3n) is 3.09. The minimum absolute atomic E-state index is 0.521. The van der Waals surface area contributed by atoms with Gasteiger partial charge in [-0.2, -0.15) is 11.8 Å². The summed E-state index contributed by atoms with van der Waals surface area (Å²) in [5, 5.41) is 7.89. The fourth-order valence-corrected chi connectivity index (χ4v) is 3.32. The number of aliphatic imine (C=N–C) groups is 1. The van der Waals surface area contributed by atoms with Crippen LogP contribution >= 0.6 is 23.4 Å². The summed E-state index contributed by atoms with van der Waals surface area (Å²) in [5.41, 5.74) is 0. The van der Waals surface area contributed by atoms with Crippen molar-refractivity contribution in [2.45, 2.75) is 18.1 Å². The first-order valence-corrected chi connectivity index (χ1v) is 8.51. The zero-order valence-electron chi connectivity index (χ0n) is 12.1. The van der Waals surface area contributed by atoms with E-state index in [1.165, 1.54) is 18.6 Å². The zero-order chi connectivity index (χ0) is 14.9. The van der Waals surface area contributed by atoms with Crippen molar-refractivity contribution in [2.24, 2.45) is 4.99 Å². The van der Waals surface area contributed by atoms with Crippen LogP contribution < -0.4 is 15.4 Å². The number of pyridine rings is 1. The highest BCUT2D eigenvalue weighted by Crippen LogP contribution is 2.25. The summed E-state index contributed by atoms with van der Waals surface area (Å²) in [6, 6.07) is 3.52. The molecule has 5 nitrogen and oxygen atoms in total. The third-order valence-corrected chi connectivity index (χ3v) is 4.71. The molecule has 1 aromatic rings. The summed E-state index contributed by atoms with van der Waals surface area (Å²) in [7, 11) is 1.78. The van der Waals surface area contributed by atoms with Crippen molar-refractivity contribution in [3.05, 3.63) is 23.4 Å². The zero-order valence-corrected chi connectivity index (χ0v) is 13.7. The SMILES string of the molecule is CN=C(NCCOc1ccc(Cl)cn1)NCC1CCCS1. The molecule has 116 valence electrons. The highest BCUT2D eigenvalue weighted by Gasteiger charge is 2.15. The van der Waals surface area contributed by atoms with Crippen molar-refractivity contribution in [1.29, 1.82) is 0 Å². The monoisotopic (exact) mass is 328 g/mol. The van der Waals surface area contributed by atoms with Crippen molar-refractivity contribution < 1.29 is 4.74 Å². The summed E-state index contributed by atoms with van der Waals surface area (Å²) < 4.78 is 5.51. The van der Waals surface area contributed by atoms with Crippen LogP contribution in [0.2, 0.25) is 5.02 Å². The summed E-state index contributed by atoms with van der Waals surface area (Å²) >= 11 is 7.80. The van der Waals surface area contributed by atoms with Gasteiger partial charge >= 0.3 is 0 Å². The van der Waals surface area contributed by atoms with E-state index in [-0.39, 0.29) is 0 Å². The topological polar surface area (TPSA) is 58.5 Å².